The van der Waals surface area contributed by atoms with Gasteiger partial charge in [0.25, 0.3) is 0 Å². The summed E-state index contributed by atoms with van der Waals surface area (Å²) < 4.78 is 7.51. The molecule has 0 aliphatic carbocycles. The van der Waals surface area contributed by atoms with Gasteiger partial charge in [0, 0.05) is 25.9 Å². The van der Waals surface area contributed by atoms with Crippen LogP contribution in [0.3, 0.4) is 0 Å². The third-order valence-electron chi connectivity index (χ3n) is 3.08. The third-order valence-corrected chi connectivity index (χ3v) is 3.08. The largest absolute Gasteiger partial charge is 0.494 e. The monoisotopic (exact) mass is 260 g/mol. The van der Waals surface area contributed by atoms with Crippen molar-refractivity contribution in [3.8, 4) is 5.75 Å². The summed E-state index contributed by atoms with van der Waals surface area (Å²) in [7, 11) is 1.98. The van der Waals surface area contributed by atoms with Crippen LogP contribution in [0.2, 0.25) is 0 Å². The number of ether oxygens (including phenoxy) is 1. The van der Waals surface area contributed by atoms with E-state index < -0.39 is 0 Å². The van der Waals surface area contributed by atoms with Crippen molar-refractivity contribution in [1.82, 2.24) is 15.0 Å². The second-order valence-corrected chi connectivity index (χ2v) is 4.38. The quantitative estimate of drug-likeness (QED) is 0.611. The molecule has 1 aromatic heterocycles. The van der Waals surface area contributed by atoms with E-state index in [0.717, 1.165) is 23.6 Å². The Morgan fingerprint density at radius 1 is 1.47 bits per heavy atom. The molecule has 5 heteroatoms. The summed E-state index contributed by atoms with van der Waals surface area (Å²) in [6.45, 7) is 2.63. The second kappa shape index (κ2) is 6.36. The zero-order valence-electron chi connectivity index (χ0n) is 11.3. The van der Waals surface area contributed by atoms with Crippen molar-refractivity contribution in [2.45, 2.75) is 19.4 Å². The Kier molecular flexibility index (Phi) is 4.54. The van der Waals surface area contributed by atoms with Gasteiger partial charge in [-0.2, -0.15) is 0 Å². The average Bonchev–Trinajstić information content (AvgIpc) is 2.82. The van der Waals surface area contributed by atoms with Crippen LogP contribution in [0.15, 0.2) is 36.7 Å². The van der Waals surface area contributed by atoms with Crippen molar-refractivity contribution in [2.75, 3.05) is 6.61 Å². The molecular weight excluding hydrogens is 240 g/mol. The Labute approximate surface area is 113 Å². The van der Waals surface area contributed by atoms with E-state index in [1.54, 1.807) is 6.20 Å². The van der Waals surface area contributed by atoms with Crippen LogP contribution in [0.1, 0.15) is 24.4 Å². The maximum Gasteiger partial charge on any atom is 0.119 e. The normalized spacial score (nSPS) is 12.4. The van der Waals surface area contributed by atoms with Crippen LogP contribution < -0.4 is 16.0 Å². The highest BCUT2D eigenvalue weighted by Crippen LogP contribution is 2.21. The van der Waals surface area contributed by atoms with E-state index in [0.29, 0.717) is 6.61 Å². The van der Waals surface area contributed by atoms with E-state index in [-0.39, 0.29) is 6.04 Å². The van der Waals surface area contributed by atoms with Gasteiger partial charge in [-0.1, -0.05) is 12.1 Å². The third kappa shape index (κ3) is 3.33. The van der Waals surface area contributed by atoms with E-state index in [1.165, 1.54) is 0 Å². The summed E-state index contributed by atoms with van der Waals surface area (Å²) >= 11 is 0. The smallest absolute Gasteiger partial charge is 0.119 e. The van der Waals surface area contributed by atoms with E-state index in [1.807, 2.05) is 49.0 Å². The molecule has 2 aromatic rings. The first-order valence-electron chi connectivity index (χ1n) is 6.39. The predicted octanol–water partition coefficient (Wildman–Crippen LogP) is 1.57. The summed E-state index contributed by atoms with van der Waals surface area (Å²) in [5.41, 5.74) is 3.94. The Balaban J connectivity index is 2.17. The molecule has 1 aromatic carbocycles. The topological polar surface area (TPSA) is 65.1 Å². The van der Waals surface area contributed by atoms with Crippen molar-refractivity contribution >= 4 is 0 Å². The van der Waals surface area contributed by atoms with E-state index in [4.69, 9.17) is 10.6 Å². The lowest BCUT2D eigenvalue weighted by atomic mass is 10.0. The number of hydrazine groups is 1. The molecule has 2 rings (SSSR count). The van der Waals surface area contributed by atoms with Gasteiger partial charge in [0.2, 0.25) is 0 Å². The van der Waals surface area contributed by atoms with Gasteiger partial charge >= 0.3 is 0 Å². The van der Waals surface area contributed by atoms with Crippen molar-refractivity contribution in [3.63, 3.8) is 0 Å². The average molecular weight is 260 g/mol. The number of hydrogen-bond donors (Lipinski definition) is 2. The van der Waals surface area contributed by atoms with Crippen LogP contribution in [0.5, 0.6) is 5.75 Å². The Bertz CT molecular complexity index is 524. The van der Waals surface area contributed by atoms with Crippen LogP contribution in [0.4, 0.5) is 0 Å². The molecule has 5 nitrogen and oxygen atoms in total. The predicted molar refractivity (Wildman–Crippen MR) is 74.6 cm³/mol. The van der Waals surface area contributed by atoms with Crippen molar-refractivity contribution in [2.24, 2.45) is 12.9 Å². The number of imidazole rings is 1. The van der Waals surface area contributed by atoms with Crippen LogP contribution >= 0.6 is 0 Å². The molecule has 0 bridgehead atoms. The number of nitrogens with two attached hydrogens (primary N) is 1. The molecular formula is C14H20N4O. The van der Waals surface area contributed by atoms with E-state index in [9.17, 15) is 0 Å². The highest BCUT2D eigenvalue weighted by Gasteiger charge is 2.13. The minimum Gasteiger partial charge on any atom is -0.494 e. The first-order chi connectivity index (χ1) is 9.24. The fraction of sp³-hybridized carbons (Fsp3) is 0.357. The van der Waals surface area contributed by atoms with E-state index >= 15 is 0 Å². The van der Waals surface area contributed by atoms with Gasteiger partial charge in [-0.3, -0.25) is 11.3 Å². The highest BCUT2D eigenvalue weighted by molar-refractivity contribution is 5.31. The van der Waals surface area contributed by atoms with Crippen LogP contribution in [0, 0.1) is 0 Å². The molecule has 0 fully saturated rings. The SMILES string of the molecule is CCOc1cccc(C(Cc2nccn2C)NN)c1. The molecule has 102 valence electrons. The summed E-state index contributed by atoms with van der Waals surface area (Å²) in [4.78, 5) is 4.32. The number of aromatic nitrogens is 2. The van der Waals surface area contributed by atoms with Gasteiger partial charge in [-0.05, 0) is 24.6 Å². The molecule has 0 spiro atoms. The summed E-state index contributed by atoms with van der Waals surface area (Å²) in [6.07, 6.45) is 4.45. The number of benzene rings is 1. The number of rotatable bonds is 6. The first-order valence-corrected chi connectivity index (χ1v) is 6.39. The minimum atomic E-state index is 0.0153. The lowest BCUT2D eigenvalue weighted by molar-refractivity contribution is 0.339. The Hall–Kier alpha value is -1.85. The lowest BCUT2D eigenvalue weighted by Crippen LogP contribution is -2.30. The number of hydrogen-bond acceptors (Lipinski definition) is 4. The molecule has 1 unspecified atom stereocenters. The molecule has 3 N–H and O–H groups in total. The molecule has 0 aliphatic heterocycles. The summed E-state index contributed by atoms with van der Waals surface area (Å²) in [5.74, 6) is 7.52. The van der Waals surface area contributed by atoms with Gasteiger partial charge in [-0.25, -0.2) is 4.98 Å². The maximum atomic E-state index is 5.67. The van der Waals surface area contributed by atoms with Crippen LogP contribution in [-0.4, -0.2) is 16.2 Å². The van der Waals surface area contributed by atoms with Crippen molar-refractivity contribution in [1.29, 1.82) is 0 Å². The van der Waals surface area contributed by atoms with Gasteiger partial charge in [0.05, 0.1) is 12.6 Å². The van der Waals surface area contributed by atoms with Gasteiger partial charge < -0.3 is 9.30 Å². The van der Waals surface area contributed by atoms with Crippen LogP contribution in [0.25, 0.3) is 0 Å². The Morgan fingerprint density at radius 3 is 2.95 bits per heavy atom. The fourth-order valence-corrected chi connectivity index (χ4v) is 2.04. The highest BCUT2D eigenvalue weighted by atomic mass is 16.5. The molecule has 0 aliphatic rings. The standard InChI is InChI=1S/C14H20N4O/c1-3-19-12-6-4-5-11(9-12)13(17-15)10-14-16-7-8-18(14)2/h4-9,13,17H,3,10,15H2,1-2H3. The first kappa shape index (κ1) is 13.6. The zero-order valence-corrected chi connectivity index (χ0v) is 11.3. The molecule has 0 saturated carbocycles. The van der Waals surface area contributed by atoms with Gasteiger partial charge in [0.1, 0.15) is 11.6 Å². The van der Waals surface area contributed by atoms with Gasteiger partial charge in [0.15, 0.2) is 0 Å². The minimum absolute atomic E-state index is 0.0153. The van der Waals surface area contributed by atoms with Crippen LogP contribution in [-0.2, 0) is 13.5 Å². The Morgan fingerprint density at radius 2 is 2.32 bits per heavy atom. The van der Waals surface area contributed by atoms with E-state index in [2.05, 4.69) is 10.4 Å². The maximum absolute atomic E-state index is 5.67. The van der Waals surface area contributed by atoms with Crippen molar-refractivity contribution < 1.29 is 4.74 Å². The molecule has 0 amide bonds. The lowest BCUT2D eigenvalue weighted by Gasteiger charge is -2.17. The number of nitrogens with one attached hydrogen (secondary N) is 1. The molecule has 0 radical (unpaired) electrons. The zero-order chi connectivity index (χ0) is 13.7. The number of aryl methyl sites for hydroxylation is 1. The molecule has 19 heavy (non-hydrogen) atoms. The van der Waals surface area contributed by atoms with Crippen molar-refractivity contribution in [3.05, 3.63) is 48.0 Å². The summed E-state index contributed by atoms with van der Waals surface area (Å²) in [5, 5.41) is 0. The van der Waals surface area contributed by atoms with Gasteiger partial charge in [-0.15, -0.1) is 0 Å². The number of nitrogens with zero attached hydrogens (tertiary/aromatic N) is 2. The summed E-state index contributed by atoms with van der Waals surface area (Å²) in [6, 6.07) is 7.98. The fourth-order valence-electron chi connectivity index (χ4n) is 2.04. The molecule has 0 saturated heterocycles. The molecule has 1 atom stereocenters. The molecule has 1 heterocycles. The second-order valence-electron chi connectivity index (χ2n) is 4.38.